The predicted molar refractivity (Wildman–Crippen MR) is 115 cm³/mol. The molecule has 6 nitrogen and oxygen atoms in total. The van der Waals surface area contributed by atoms with Gasteiger partial charge < -0.3 is 14.6 Å². The largest absolute Gasteiger partial charge is 0.464 e. The normalized spacial score (nSPS) is 18.2. The van der Waals surface area contributed by atoms with Crippen LogP contribution in [0.3, 0.4) is 0 Å². The minimum absolute atomic E-state index is 0.0699. The first kappa shape index (κ1) is 20.3. The van der Waals surface area contributed by atoms with Gasteiger partial charge in [0, 0.05) is 23.7 Å². The predicted octanol–water partition coefficient (Wildman–Crippen LogP) is 4.40. The third-order valence-corrected chi connectivity index (χ3v) is 5.42. The zero-order valence-corrected chi connectivity index (χ0v) is 17.4. The van der Waals surface area contributed by atoms with Crippen LogP contribution in [0.5, 0.6) is 0 Å². The minimum Gasteiger partial charge on any atom is -0.464 e. The van der Waals surface area contributed by atoms with Crippen molar-refractivity contribution in [3.8, 4) is 22.8 Å². The van der Waals surface area contributed by atoms with Crippen LogP contribution in [0, 0.1) is 5.92 Å². The van der Waals surface area contributed by atoms with Crippen molar-refractivity contribution in [3.05, 3.63) is 59.7 Å². The number of hydrogen-bond donors (Lipinski definition) is 1. The molecule has 1 aliphatic carbocycles. The van der Waals surface area contributed by atoms with E-state index in [0.717, 1.165) is 36.9 Å². The fourth-order valence-corrected chi connectivity index (χ4v) is 3.67. The number of ether oxygens (including phenoxy) is 1. The Hall–Kier alpha value is -2.99. The molecule has 1 fully saturated rings. The summed E-state index contributed by atoms with van der Waals surface area (Å²) in [6.07, 6.45) is 2.88. The lowest BCUT2D eigenvalue weighted by molar-refractivity contribution is -0.138. The first-order valence-corrected chi connectivity index (χ1v) is 10.5. The Morgan fingerprint density at radius 1 is 1.07 bits per heavy atom. The molecule has 1 saturated carbocycles. The highest BCUT2D eigenvalue weighted by atomic mass is 16.5. The second kappa shape index (κ2) is 9.22. The highest BCUT2D eigenvalue weighted by Gasteiger charge is 2.29. The van der Waals surface area contributed by atoms with Crippen molar-refractivity contribution in [2.24, 2.45) is 5.92 Å². The lowest BCUT2D eigenvalue weighted by Gasteiger charge is -2.34. The summed E-state index contributed by atoms with van der Waals surface area (Å²) < 4.78 is 10.4. The van der Waals surface area contributed by atoms with Gasteiger partial charge in [-0.2, -0.15) is 4.98 Å². The average molecular weight is 405 g/mol. The van der Waals surface area contributed by atoms with Crippen molar-refractivity contribution in [2.75, 3.05) is 0 Å². The van der Waals surface area contributed by atoms with Gasteiger partial charge in [-0.3, -0.25) is 4.79 Å². The molecule has 0 radical (unpaired) electrons. The summed E-state index contributed by atoms with van der Waals surface area (Å²) in [7, 11) is 0. The summed E-state index contributed by atoms with van der Waals surface area (Å²) >= 11 is 0. The lowest BCUT2D eigenvalue weighted by atomic mass is 9.89. The van der Waals surface area contributed by atoms with Crippen LogP contribution < -0.4 is 5.32 Å². The van der Waals surface area contributed by atoms with E-state index in [1.54, 1.807) is 0 Å². The monoisotopic (exact) mass is 405 g/mol. The lowest BCUT2D eigenvalue weighted by Crippen LogP contribution is -2.44. The fourth-order valence-electron chi connectivity index (χ4n) is 3.67. The van der Waals surface area contributed by atoms with Gasteiger partial charge in [0.2, 0.25) is 5.82 Å². The summed E-state index contributed by atoms with van der Waals surface area (Å²) in [6, 6.07) is 16.9. The van der Waals surface area contributed by atoms with Crippen LogP contribution in [0.4, 0.5) is 0 Å². The number of aromatic nitrogens is 2. The molecule has 1 N–H and O–H groups in total. The molecule has 30 heavy (non-hydrogen) atoms. The van der Waals surface area contributed by atoms with E-state index in [1.165, 1.54) is 11.1 Å². The van der Waals surface area contributed by atoms with Crippen LogP contribution in [0.25, 0.3) is 22.8 Å². The third kappa shape index (κ3) is 4.94. The van der Waals surface area contributed by atoms with Crippen LogP contribution in [0.1, 0.15) is 37.8 Å². The first-order chi connectivity index (χ1) is 14.6. The van der Waals surface area contributed by atoms with Gasteiger partial charge in [0.15, 0.2) is 0 Å². The third-order valence-electron chi connectivity index (χ3n) is 5.42. The van der Waals surface area contributed by atoms with Crippen molar-refractivity contribution in [1.29, 1.82) is 0 Å². The number of nitrogens with one attached hydrogen (secondary N) is 1. The van der Waals surface area contributed by atoms with Crippen molar-refractivity contribution >= 4 is 6.47 Å². The molecule has 1 heterocycles. The summed E-state index contributed by atoms with van der Waals surface area (Å²) in [6.45, 7) is 5.74. The topological polar surface area (TPSA) is 77.3 Å². The Bertz CT molecular complexity index is 958. The van der Waals surface area contributed by atoms with E-state index in [0.29, 0.717) is 30.1 Å². The smallest absolute Gasteiger partial charge is 0.293 e. The molecule has 156 valence electrons. The van der Waals surface area contributed by atoms with Gasteiger partial charge in [0.1, 0.15) is 6.10 Å². The molecule has 0 amide bonds. The molecule has 0 unspecified atom stereocenters. The number of hydrogen-bond acceptors (Lipinski definition) is 6. The molecule has 0 aliphatic heterocycles. The molecular formula is C24H27N3O3. The Kier molecular flexibility index (Phi) is 6.23. The molecule has 2 aromatic carbocycles. The van der Waals surface area contributed by atoms with E-state index in [-0.39, 0.29) is 6.10 Å². The molecule has 4 rings (SSSR count). The highest BCUT2D eigenvalue weighted by Crippen LogP contribution is 2.25. The molecule has 0 atom stereocenters. The Labute approximate surface area is 176 Å². The van der Waals surface area contributed by atoms with Crippen LogP contribution in [-0.4, -0.2) is 28.8 Å². The van der Waals surface area contributed by atoms with Gasteiger partial charge in [0.05, 0.1) is 0 Å². The molecule has 0 saturated heterocycles. The summed E-state index contributed by atoms with van der Waals surface area (Å²) in [5.74, 6) is 1.75. The number of rotatable bonds is 9. The van der Waals surface area contributed by atoms with E-state index in [9.17, 15) is 4.79 Å². The summed E-state index contributed by atoms with van der Waals surface area (Å²) in [4.78, 5) is 14.9. The second-order valence-electron chi connectivity index (χ2n) is 8.32. The number of nitrogens with zero attached hydrogens (tertiary/aromatic N) is 2. The van der Waals surface area contributed by atoms with Gasteiger partial charge in [-0.05, 0) is 48.4 Å². The number of benzene rings is 2. The maximum Gasteiger partial charge on any atom is 0.293 e. The molecule has 1 aliphatic rings. The SMILES string of the molecule is CC(C)Cc1ccc(-c2noc(-c3ccc(CNC4CC(OC=O)C4)cc3)n2)cc1. The van der Waals surface area contributed by atoms with E-state index in [2.05, 4.69) is 53.6 Å². The molecule has 3 aromatic rings. The molecule has 6 heteroatoms. The second-order valence-corrected chi connectivity index (χ2v) is 8.32. The minimum atomic E-state index is 0.0699. The maximum atomic E-state index is 10.3. The van der Waals surface area contributed by atoms with E-state index < -0.39 is 0 Å². The van der Waals surface area contributed by atoms with Gasteiger partial charge >= 0.3 is 0 Å². The van der Waals surface area contributed by atoms with Crippen molar-refractivity contribution in [1.82, 2.24) is 15.5 Å². The highest BCUT2D eigenvalue weighted by molar-refractivity contribution is 5.60. The molecule has 1 aromatic heterocycles. The van der Waals surface area contributed by atoms with E-state index in [4.69, 9.17) is 9.26 Å². The molecular weight excluding hydrogens is 378 g/mol. The zero-order chi connectivity index (χ0) is 20.9. The van der Waals surface area contributed by atoms with Crippen molar-refractivity contribution < 1.29 is 14.1 Å². The molecule has 0 bridgehead atoms. The Balaban J connectivity index is 1.34. The van der Waals surface area contributed by atoms with Crippen LogP contribution in [-0.2, 0) is 22.5 Å². The standard InChI is InChI=1S/C24H27N3O3/c1-16(2)11-17-3-7-19(8-4-17)23-26-24(30-27-23)20-9-5-18(6-10-20)14-25-21-12-22(13-21)29-15-28/h3-10,15-16,21-22,25H,11-14H2,1-2H3. The van der Waals surface area contributed by atoms with Gasteiger partial charge in [-0.1, -0.05) is 55.4 Å². The zero-order valence-electron chi connectivity index (χ0n) is 17.4. The van der Waals surface area contributed by atoms with Crippen molar-refractivity contribution in [3.63, 3.8) is 0 Å². The fraction of sp³-hybridized carbons (Fsp3) is 0.375. The summed E-state index contributed by atoms with van der Waals surface area (Å²) in [5, 5.41) is 7.62. The van der Waals surface area contributed by atoms with E-state index >= 15 is 0 Å². The molecule has 0 spiro atoms. The van der Waals surface area contributed by atoms with Crippen LogP contribution in [0.15, 0.2) is 53.1 Å². The Morgan fingerprint density at radius 3 is 2.40 bits per heavy atom. The maximum absolute atomic E-state index is 10.3. The Morgan fingerprint density at radius 2 is 1.73 bits per heavy atom. The van der Waals surface area contributed by atoms with Crippen LogP contribution >= 0.6 is 0 Å². The average Bonchev–Trinajstić information content (AvgIpc) is 3.20. The van der Waals surface area contributed by atoms with Gasteiger partial charge in [-0.25, -0.2) is 0 Å². The van der Waals surface area contributed by atoms with E-state index in [1.807, 2.05) is 24.3 Å². The summed E-state index contributed by atoms with van der Waals surface area (Å²) in [5.41, 5.74) is 4.35. The van der Waals surface area contributed by atoms with Crippen LogP contribution in [0.2, 0.25) is 0 Å². The van der Waals surface area contributed by atoms with Crippen molar-refractivity contribution in [2.45, 2.75) is 51.8 Å². The van der Waals surface area contributed by atoms with Gasteiger partial charge in [0.25, 0.3) is 12.4 Å². The quantitative estimate of drug-likeness (QED) is 0.532. The van der Waals surface area contributed by atoms with Gasteiger partial charge in [-0.15, -0.1) is 0 Å². The first-order valence-electron chi connectivity index (χ1n) is 10.5. The number of carbonyl (C=O) groups excluding carboxylic acids is 1. The number of carbonyl (C=O) groups is 1.